The smallest absolute Gasteiger partial charge is 0.246 e. The Morgan fingerprint density at radius 2 is 2.05 bits per heavy atom. The van der Waals surface area contributed by atoms with E-state index in [0.717, 1.165) is 12.8 Å². The Labute approximate surface area is 119 Å². The molecule has 1 aliphatic carbocycles. The van der Waals surface area contributed by atoms with E-state index >= 15 is 0 Å². The molecule has 1 fully saturated rings. The number of sulfonamides is 1. The molecule has 6 heteroatoms. The molecule has 0 heterocycles. The first kappa shape index (κ1) is 15.3. The van der Waals surface area contributed by atoms with Crippen LogP contribution in [-0.4, -0.2) is 25.8 Å². The van der Waals surface area contributed by atoms with Crippen LogP contribution in [-0.2, 0) is 10.0 Å². The molecule has 0 spiro atoms. The zero-order chi connectivity index (χ0) is 14.9. The van der Waals surface area contributed by atoms with Crippen molar-refractivity contribution in [2.24, 2.45) is 5.92 Å². The lowest BCUT2D eigenvalue weighted by Gasteiger charge is -2.22. The van der Waals surface area contributed by atoms with Gasteiger partial charge in [-0.25, -0.2) is 12.8 Å². The first-order chi connectivity index (χ1) is 9.36. The van der Waals surface area contributed by atoms with Crippen LogP contribution in [0.1, 0.15) is 31.7 Å². The van der Waals surface area contributed by atoms with E-state index in [-0.39, 0.29) is 16.1 Å². The Morgan fingerprint density at radius 3 is 2.60 bits per heavy atom. The van der Waals surface area contributed by atoms with Gasteiger partial charge in [-0.05, 0) is 49.8 Å². The van der Waals surface area contributed by atoms with Crippen LogP contribution in [0.25, 0.3) is 0 Å². The molecule has 0 atom stereocenters. The van der Waals surface area contributed by atoms with Crippen LogP contribution in [0.3, 0.4) is 0 Å². The van der Waals surface area contributed by atoms with Gasteiger partial charge in [0.15, 0.2) is 0 Å². The van der Waals surface area contributed by atoms with Crippen molar-refractivity contribution >= 4 is 15.7 Å². The number of aryl methyl sites for hydroxylation is 1. The van der Waals surface area contributed by atoms with Gasteiger partial charge in [0.1, 0.15) is 10.7 Å². The summed E-state index contributed by atoms with van der Waals surface area (Å²) in [6.07, 6.45) is 2.80. The number of benzene rings is 1. The van der Waals surface area contributed by atoms with Gasteiger partial charge in [0.25, 0.3) is 0 Å². The molecule has 1 aromatic carbocycles. The molecule has 1 aromatic rings. The molecule has 1 saturated carbocycles. The van der Waals surface area contributed by atoms with E-state index in [4.69, 9.17) is 5.73 Å². The van der Waals surface area contributed by atoms with Gasteiger partial charge < -0.3 is 5.73 Å². The second-order valence-electron chi connectivity index (χ2n) is 5.46. The number of rotatable bonds is 6. The topological polar surface area (TPSA) is 63.4 Å². The van der Waals surface area contributed by atoms with E-state index in [1.165, 1.54) is 23.4 Å². The Bertz CT molecular complexity index is 597. The van der Waals surface area contributed by atoms with Gasteiger partial charge in [-0.3, -0.25) is 0 Å². The maximum Gasteiger partial charge on any atom is 0.246 e. The van der Waals surface area contributed by atoms with E-state index in [9.17, 15) is 12.8 Å². The van der Waals surface area contributed by atoms with Gasteiger partial charge in [0.2, 0.25) is 10.0 Å². The lowest BCUT2D eigenvalue weighted by molar-refractivity contribution is 0.392. The summed E-state index contributed by atoms with van der Waals surface area (Å²) in [5, 5.41) is 0. The zero-order valence-electron chi connectivity index (χ0n) is 11.9. The van der Waals surface area contributed by atoms with Gasteiger partial charge in [-0.1, -0.05) is 6.92 Å². The largest absolute Gasteiger partial charge is 0.399 e. The van der Waals surface area contributed by atoms with E-state index in [1.807, 2.05) is 6.92 Å². The molecule has 0 bridgehead atoms. The first-order valence-corrected chi connectivity index (χ1v) is 8.36. The second kappa shape index (κ2) is 5.69. The maximum atomic E-state index is 14.2. The molecule has 2 rings (SSSR count). The minimum Gasteiger partial charge on any atom is -0.399 e. The average Bonchev–Trinajstić information content (AvgIpc) is 3.17. The van der Waals surface area contributed by atoms with Crippen LogP contribution in [0.4, 0.5) is 10.1 Å². The summed E-state index contributed by atoms with van der Waals surface area (Å²) in [4.78, 5) is -0.302. The SMILES string of the molecule is CCCN(CC1CC1)S(=O)(=O)c1cc(N)cc(C)c1F. The van der Waals surface area contributed by atoms with Crippen LogP contribution in [0.15, 0.2) is 17.0 Å². The minimum atomic E-state index is -3.82. The van der Waals surface area contributed by atoms with Gasteiger partial charge in [0, 0.05) is 18.8 Å². The predicted octanol–water partition coefficient (Wildman–Crippen LogP) is 2.53. The first-order valence-electron chi connectivity index (χ1n) is 6.92. The molecular weight excluding hydrogens is 279 g/mol. The quantitative estimate of drug-likeness (QED) is 0.821. The molecule has 0 aliphatic heterocycles. The maximum absolute atomic E-state index is 14.2. The zero-order valence-corrected chi connectivity index (χ0v) is 12.7. The fraction of sp³-hybridized carbons (Fsp3) is 0.571. The minimum absolute atomic E-state index is 0.256. The summed E-state index contributed by atoms with van der Waals surface area (Å²) in [5.41, 5.74) is 6.19. The molecule has 0 aromatic heterocycles. The summed E-state index contributed by atoms with van der Waals surface area (Å²) in [7, 11) is -3.82. The van der Waals surface area contributed by atoms with Crippen molar-refractivity contribution in [2.75, 3.05) is 18.8 Å². The monoisotopic (exact) mass is 300 g/mol. The van der Waals surface area contributed by atoms with Gasteiger partial charge in [-0.15, -0.1) is 0 Å². The molecule has 4 nitrogen and oxygen atoms in total. The summed E-state index contributed by atoms with van der Waals surface area (Å²) in [5.74, 6) is -0.280. The summed E-state index contributed by atoms with van der Waals surface area (Å²) in [6, 6.07) is 2.66. The van der Waals surface area contributed by atoms with Gasteiger partial charge in [0.05, 0.1) is 0 Å². The van der Waals surface area contributed by atoms with E-state index in [1.54, 1.807) is 0 Å². The molecule has 20 heavy (non-hydrogen) atoms. The third-order valence-corrected chi connectivity index (χ3v) is 5.36. The molecule has 0 radical (unpaired) electrons. The summed E-state index contributed by atoms with van der Waals surface area (Å²) >= 11 is 0. The Morgan fingerprint density at radius 1 is 1.40 bits per heavy atom. The second-order valence-corrected chi connectivity index (χ2v) is 7.36. The van der Waals surface area contributed by atoms with Crippen LogP contribution in [0, 0.1) is 18.7 Å². The number of halogens is 1. The summed E-state index contributed by atoms with van der Waals surface area (Å²) < 4.78 is 40.8. The molecule has 0 amide bonds. The molecule has 1 aliphatic rings. The third kappa shape index (κ3) is 3.12. The Hall–Kier alpha value is -1.14. The number of nitrogens with zero attached hydrogens (tertiary/aromatic N) is 1. The van der Waals surface area contributed by atoms with Crippen LogP contribution >= 0.6 is 0 Å². The highest BCUT2D eigenvalue weighted by molar-refractivity contribution is 7.89. The number of nitrogens with two attached hydrogens (primary N) is 1. The molecule has 0 unspecified atom stereocenters. The van der Waals surface area contributed by atoms with E-state index < -0.39 is 15.8 Å². The number of anilines is 1. The number of hydrogen-bond acceptors (Lipinski definition) is 3. The van der Waals surface area contributed by atoms with E-state index in [2.05, 4.69) is 0 Å². The van der Waals surface area contributed by atoms with Crippen LogP contribution in [0.2, 0.25) is 0 Å². The Kier molecular flexibility index (Phi) is 4.34. The molecular formula is C14H21FN2O2S. The number of nitrogen functional groups attached to an aromatic ring is 1. The van der Waals surface area contributed by atoms with Crippen molar-refractivity contribution in [1.82, 2.24) is 4.31 Å². The predicted molar refractivity (Wildman–Crippen MR) is 77.3 cm³/mol. The fourth-order valence-corrected chi connectivity index (χ4v) is 4.02. The van der Waals surface area contributed by atoms with Crippen molar-refractivity contribution in [1.29, 1.82) is 0 Å². The molecule has 2 N–H and O–H groups in total. The van der Waals surface area contributed by atoms with Crippen molar-refractivity contribution in [3.8, 4) is 0 Å². The fourth-order valence-electron chi connectivity index (χ4n) is 2.24. The standard InChI is InChI=1S/C14H21FN2O2S/c1-3-6-17(9-11-4-5-11)20(18,19)13-8-12(16)7-10(2)14(13)15/h7-8,11H,3-6,9,16H2,1-2H3. The summed E-state index contributed by atoms with van der Waals surface area (Å²) in [6.45, 7) is 4.32. The Balaban J connectivity index is 2.40. The van der Waals surface area contributed by atoms with Gasteiger partial charge in [-0.2, -0.15) is 4.31 Å². The molecule has 112 valence electrons. The van der Waals surface area contributed by atoms with Crippen molar-refractivity contribution in [3.63, 3.8) is 0 Å². The highest BCUT2D eigenvalue weighted by Crippen LogP contribution is 2.32. The van der Waals surface area contributed by atoms with Crippen LogP contribution < -0.4 is 5.73 Å². The van der Waals surface area contributed by atoms with Crippen LogP contribution in [0.5, 0.6) is 0 Å². The highest BCUT2D eigenvalue weighted by atomic mass is 32.2. The lowest BCUT2D eigenvalue weighted by atomic mass is 10.2. The van der Waals surface area contributed by atoms with Crippen molar-refractivity contribution < 1.29 is 12.8 Å². The van der Waals surface area contributed by atoms with Gasteiger partial charge >= 0.3 is 0 Å². The normalized spacial score (nSPS) is 15.8. The van der Waals surface area contributed by atoms with Crippen molar-refractivity contribution in [3.05, 3.63) is 23.5 Å². The third-order valence-electron chi connectivity index (χ3n) is 3.49. The average molecular weight is 300 g/mol. The lowest BCUT2D eigenvalue weighted by Crippen LogP contribution is -2.34. The molecule has 0 saturated heterocycles. The highest BCUT2D eigenvalue weighted by Gasteiger charge is 2.33. The number of hydrogen-bond donors (Lipinski definition) is 1. The van der Waals surface area contributed by atoms with Crippen molar-refractivity contribution in [2.45, 2.75) is 38.0 Å². The van der Waals surface area contributed by atoms with E-state index in [0.29, 0.717) is 25.4 Å².